The van der Waals surface area contributed by atoms with Gasteiger partial charge in [-0.15, -0.1) is 0 Å². The van der Waals surface area contributed by atoms with Crippen molar-refractivity contribution in [3.8, 4) is 0 Å². The van der Waals surface area contributed by atoms with E-state index in [0.717, 1.165) is 19.3 Å². The zero-order valence-corrected chi connectivity index (χ0v) is 9.84. The number of aliphatic carboxylic acids is 1. The Morgan fingerprint density at radius 2 is 1.20 bits per heavy atom. The Morgan fingerprint density at radius 1 is 0.800 bits per heavy atom. The molecule has 0 aromatic heterocycles. The second kappa shape index (κ2) is 11.5. The molecular formula is C13H25O2-. The Labute approximate surface area is 94.1 Å². The molecule has 0 unspecified atom stereocenters. The fraction of sp³-hybridized carbons (Fsp3) is 0.846. The van der Waals surface area contributed by atoms with Gasteiger partial charge in [0.2, 0.25) is 0 Å². The lowest BCUT2D eigenvalue weighted by Crippen LogP contribution is -1.93. The van der Waals surface area contributed by atoms with Crippen LogP contribution in [-0.2, 0) is 4.79 Å². The summed E-state index contributed by atoms with van der Waals surface area (Å²) >= 11 is 0. The van der Waals surface area contributed by atoms with Gasteiger partial charge in [0.05, 0.1) is 0 Å². The number of carboxylic acid groups (broad SMARTS) is 1. The molecule has 1 N–H and O–H groups in total. The van der Waals surface area contributed by atoms with Gasteiger partial charge in [-0.2, -0.15) is 6.42 Å². The molecule has 0 aromatic rings. The maximum atomic E-state index is 10.2. The van der Waals surface area contributed by atoms with Crippen LogP contribution >= 0.6 is 0 Å². The Balaban J connectivity index is 2.89. The summed E-state index contributed by atoms with van der Waals surface area (Å²) in [6.45, 7) is 3.82. The summed E-state index contributed by atoms with van der Waals surface area (Å²) in [5.74, 6) is -0.664. The van der Waals surface area contributed by atoms with Gasteiger partial charge in [-0.3, -0.25) is 4.79 Å². The first-order valence-electron chi connectivity index (χ1n) is 6.28. The van der Waals surface area contributed by atoms with Crippen LogP contribution in [0.5, 0.6) is 0 Å². The highest BCUT2D eigenvalue weighted by molar-refractivity contribution is 5.66. The third-order valence-corrected chi connectivity index (χ3v) is 2.64. The zero-order chi connectivity index (χ0) is 11.4. The Kier molecular flexibility index (Phi) is 11.1. The molecule has 15 heavy (non-hydrogen) atoms. The number of unbranched alkanes of at least 4 members (excludes halogenated alkanes) is 9. The van der Waals surface area contributed by atoms with Gasteiger partial charge >= 0.3 is 5.97 Å². The summed E-state index contributed by atoms with van der Waals surface area (Å²) in [5, 5.41) is 8.43. The zero-order valence-electron chi connectivity index (χ0n) is 9.84. The lowest BCUT2D eigenvalue weighted by molar-refractivity contribution is -0.137. The van der Waals surface area contributed by atoms with Gasteiger partial charge in [0.1, 0.15) is 0 Å². The molecule has 2 nitrogen and oxygen atoms in total. The third-order valence-electron chi connectivity index (χ3n) is 2.64. The van der Waals surface area contributed by atoms with Gasteiger partial charge in [0.15, 0.2) is 0 Å². The van der Waals surface area contributed by atoms with Crippen LogP contribution in [0.3, 0.4) is 0 Å². The SMILES string of the molecule is [CH2-]CCCCCCCCCCCC(=O)O. The van der Waals surface area contributed by atoms with Crippen molar-refractivity contribution in [3.63, 3.8) is 0 Å². The predicted molar refractivity (Wildman–Crippen MR) is 63.8 cm³/mol. The van der Waals surface area contributed by atoms with E-state index in [9.17, 15) is 4.79 Å². The van der Waals surface area contributed by atoms with Crippen molar-refractivity contribution in [3.05, 3.63) is 6.92 Å². The summed E-state index contributed by atoms with van der Waals surface area (Å²) in [4.78, 5) is 10.2. The Morgan fingerprint density at radius 3 is 1.60 bits per heavy atom. The predicted octanol–water partition coefficient (Wildman–Crippen LogP) is 4.20. The van der Waals surface area contributed by atoms with Crippen LogP contribution in [0.2, 0.25) is 0 Å². The molecule has 0 aliphatic rings. The van der Waals surface area contributed by atoms with E-state index < -0.39 is 5.97 Å². The molecule has 0 radical (unpaired) electrons. The first kappa shape index (κ1) is 14.5. The van der Waals surface area contributed by atoms with E-state index in [1.165, 1.54) is 44.9 Å². The normalized spacial score (nSPS) is 10.5. The quantitative estimate of drug-likeness (QED) is 0.412. The standard InChI is InChI=1S/C13H25O2/c1-2-3-4-5-6-7-8-9-10-11-12-13(14)15/h1-12H2,(H,14,15)/q-1. The van der Waals surface area contributed by atoms with Crippen LogP contribution in [0, 0.1) is 6.92 Å². The van der Waals surface area contributed by atoms with E-state index in [1.807, 2.05) is 0 Å². The third kappa shape index (κ3) is 13.5. The smallest absolute Gasteiger partial charge is 0.303 e. The van der Waals surface area contributed by atoms with Crippen molar-refractivity contribution in [1.29, 1.82) is 0 Å². The molecule has 0 amide bonds. The summed E-state index contributed by atoms with van der Waals surface area (Å²) in [5.41, 5.74) is 0. The summed E-state index contributed by atoms with van der Waals surface area (Å²) in [7, 11) is 0. The molecule has 0 atom stereocenters. The van der Waals surface area contributed by atoms with E-state index >= 15 is 0 Å². The maximum Gasteiger partial charge on any atom is 0.303 e. The molecule has 0 fully saturated rings. The van der Waals surface area contributed by atoms with Crippen molar-refractivity contribution in [2.24, 2.45) is 0 Å². The maximum absolute atomic E-state index is 10.2. The molecule has 0 aromatic carbocycles. The van der Waals surface area contributed by atoms with E-state index in [0.29, 0.717) is 6.42 Å². The lowest BCUT2D eigenvalue weighted by atomic mass is 10.1. The largest absolute Gasteiger partial charge is 0.481 e. The number of hydrogen-bond acceptors (Lipinski definition) is 1. The summed E-state index contributed by atoms with van der Waals surface area (Å²) in [6.07, 6.45) is 12.3. The van der Waals surface area contributed by atoms with Crippen LogP contribution in [0.15, 0.2) is 0 Å². The first-order chi connectivity index (χ1) is 7.27. The molecule has 0 spiro atoms. The van der Waals surface area contributed by atoms with Crippen LogP contribution in [0.25, 0.3) is 0 Å². The molecule has 0 aliphatic heterocycles. The number of carboxylic acids is 1. The Hall–Kier alpha value is -0.530. The molecule has 2 heteroatoms. The fourth-order valence-corrected chi connectivity index (χ4v) is 1.69. The van der Waals surface area contributed by atoms with Gasteiger partial charge in [-0.05, 0) is 6.42 Å². The van der Waals surface area contributed by atoms with E-state index in [-0.39, 0.29) is 0 Å². The second-order valence-electron chi connectivity index (χ2n) is 4.18. The summed E-state index contributed by atoms with van der Waals surface area (Å²) < 4.78 is 0. The van der Waals surface area contributed by atoms with E-state index in [1.54, 1.807) is 0 Å². The monoisotopic (exact) mass is 213 g/mol. The van der Waals surface area contributed by atoms with E-state index in [2.05, 4.69) is 6.92 Å². The van der Waals surface area contributed by atoms with Crippen molar-refractivity contribution in [1.82, 2.24) is 0 Å². The molecule has 0 saturated carbocycles. The number of rotatable bonds is 11. The topological polar surface area (TPSA) is 37.3 Å². The van der Waals surface area contributed by atoms with Crippen molar-refractivity contribution in [2.45, 2.75) is 70.6 Å². The number of carbonyl (C=O) groups is 1. The molecule has 90 valence electrons. The molecule has 0 bridgehead atoms. The minimum atomic E-state index is -0.664. The van der Waals surface area contributed by atoms with Crippen molar-refractivity contribution < 1.29 is 9.90 Å². The van der Waals surface area contributed by atoms with Crippen molar-refractivity contribution in [2.75, 3.05) is 0 Å². The molecule has 0 rings (SSSR count). The summed E-state index contributed by atoms with van der Waals surface area (Å²) in [6, 6.07) is 0. The van der Waals surface area contributed by atoms with Crippen molar-refractivity contribution >= 4 is 5.97 Å². The highest BCUT2D eigenvalue weighted by Crippen LogP contribution is 2.10. The highest BCUT2D eigenvalue weighted by atomic mass is 16.4. The van der Waals surface area contributed by atoms with Gasteiger partial charge in [0.25, 0.3) is 0 Å². The van der Waals surface area contributed by atoms with Gasteiger partial charge in [0, 0.05) is 6.42 Å². The average molecular weight is 213 g/mol. The lowest BCUT2D eigenvalue weighted by Gasteiger charge is -2.02. The van der Waals surface area contributed by atoms with Crippen LogP contribution in [0.4, 0.5) is 0 Å². The minimum Gasteiger partial charge on any atom is -0.481 e. The molecule has 0 heterocycles. The fourth-order valence-electron chi connectivity index (χ4n) is 1.69. The van der Waals surface area contributed by atoms with Gasteiger partial charge in [-0.25, -0.2) is 0 Å². The number of hydrogen-bond donors (Lipinski definition) is 1. The van der Waals surface area contributed by atoms with Gasteiger partial charge < -0.3 is 12.0 Å². The first-order valence-corrected chi connectivity index (χ1v) is 6.28. The molecule has 0 aliphatic carbocycles. The second-order valence-corrected chi connectivity index (χ2v) is 4.18. The minimum absolute atomic E-state index is 0.337. The Bertz CT molecular complexity index is 143. The average Bonchev–Trinajstić information content (AvgIpc) is 2.20. The molecule has 0 saturated heterocycles. The molecular weight excluding hydrogens is 188 g/mol. The van der Waals surface area contributed by atoms with Crippen LogP contribution < -0.4 is 0 Å². The van der Waals surface area contributed by atoms with Crippen LogP contribution in [0.1, 0.15) is 70.6 Å². The van der Waals surface area contributed by atoms with Gasteiger partial charge in [-0.1, -0.05) is 51.4 Å². The van der Waals surface area contributed by atoms with E-state index in [4.69, 9.17) is 5.11 Å². The van der Waals surface area contributed by atoms with Crippen LogP contribution in [-0.4, -0.2) is 11.1 Å². The highest BCUT2D eigenvalue weighted by Gasteiger charge is 1.96.